The van der Waals surface area contributed by atoms with Crippen molar-refractivity contribution in [3.05, 3.63) is 29.8 Å². The summed E-state index contributed by atoms with van der Waals surface area (Å²) in [4.78, 5) is 2.35. The molecule has 1 aromatic rings. The van der Waals surface area contributed by atoms with Crippen molar-refractivity contribution < 1.29 is 9.84 Å². The molecule has 1 saturated heterocycles. The number of morpholine rings is 1. The van der Waals surface area contributed by atoms with Crippen LogP contribution in [0, 0.1) is 0 Å². The normalized spacial score (nSPS) is 18.1. The number of rotatable bonds is 5. The summed E-state index contributed by atoms with van der Waals surface area (Å²) in [5, 5.41) is 13.1. The first-order chi connectivity index (χ1) is 9.46. The Morgan fingerprint density at radius 2 is 1.85 bits per heavy atom. The molecule has 1 unspecified atom stereocenters. The molecule has 0 aromatic heterocycles. The van der Waals surface area contributed by atoms with Crippen LogP contribution in [0.15, 0.2) is 24.3 Å². The SMILES string of the molecule is CC(NCC(C)(C)O)c1ccc(N2CCOCC2)cc1. The van der Waals surface area contributed by atoms with Crippen LogP contribution in [0.1, 0.15) is 32.4 Å². The maximum Gasteiger partial charge on any atom is 0.0715 e. The molecular formula is C16H26N2O2. The third-order valence-corrected chi connectivity index (χ3v) is 3.61. The highest BCUT2D eigenvalue weighted by atomic mass is 16.5. The molecule has 4 nitrogen and oxygen atoms in total. The van der Waals surface area contributed by atoms with Crippen LogP contribution in [-0.4, -0.2) is 43.6 Å². The van der Waals surface area contributed by atoms with Gasteiger partial charge in [0.25, 0.3) is 0 Å². The Morgan fingerprint density at radius 1 is 1.25 bits per heavy atom. The average Bonchev–Trinajstić information content (AvgIpc) is 2.45. The summed E-state index contributed by atoms with van der Waals surface area (Å²) in [5.41, 5.74) is 1.82. The Hall–Kier alpha value is -1.10. The summed E-state index contributed by atoms with van der Waals surface area (Å²) >= 11 is 0. The van der Waals surface area contributed by atoms with Gasteiger partial charge < -0.3 is 20.1 Å². The van der Waals surface area contributed by atoms with Crippen LogP contribution in [0.3, 0.4) is 0 Å². The van der Waals surface area contributed by atoms with Crippen LogP contribution < -0.4 is 10.2 Å². The van der Waals surface area contributed by atoms with Crippen molar-refractivity contribution in [2.45, 2.75) is 32.4 Å². The fraction of sp³-hybridized carbons (Fsp3) is 0.625. The number of hydrogen-bond acceptors (Lipinski definition) is 4. The minimum absolute atomic E-state index is 0.236. The number of ether oxygens (including phenoxy) is 1. The lowest BCUT2D eigenvalue weighted by Crippen LogP contribution is -2.36. The molecule has 2 rings (SSSR count). The van der Waals surface area contributed by atoms with Gasteiger partial charge in [0.15, 0.2) is 0 Å². The lowest BCUT2D eigenvalue weighted by Gasteiger charge is -2.29. The minimum Gasteiger partial charge on any atom is -0.389 e. The van der Waals surface area contributed by atoms with E-state index in [2.05, 4.69) is 41.4 Å². The first-order valence-corrected chi connectivity index (χ1v) is 7.34. The second-order valence-electron chi connectivity index (χ2n) is 6.11. The Morgan fingerprint density at radius 3 is 2.40 bits per heavy atom. The van der Waals surface area contributed by atoms with E-state index < -0.39 is 5.60 Å². The number of benzene rings is 1. The molecule has 1 aliphatic rings. The maximum atomic E-state index is 9.75. The highest BCUT2D eigenvalue weighted by Gasteiger charge is 2.15. The zero-order valence-corrected chi connectivity index (χ0v) is 12.7. The van der Waals surface area contributed by atoms with Gasteiger partial charge in [-0.25, -0.2) is 0 Å². The van der Waals surface area contributed by atoms with E-state index in [0.717, 1.165) is 26.3 Å². The molecular weight excluding hydrogens is 252 g/mol. The van der Waals surface area contributed by atoms with E-state index in [-0.39, 0.29) is 6.04 Å². The van der Waals surface area contributed by atoms with E-state index in [1.54, 1.807) is 0 Å². The molecule has 0 bridgehead atoms. The largest absolute Gasteiger partial charge is 0.389 e. The molecule has 2 N–H and O–H groups in total. The van der Waals surface area contributed by atoms with Gasteiger partial charge in [-0.1, -0.05) is 12.1 Å². The lowest BCUT2D eigenvalue weighted by molar-refractivity contribution is 0.0770. The fourth-order valence-corrected chi connectivity index (χ4v) is 2.32. The molecule has 1 atom stereocenters. The average molecular weight is 278 g/mol. The van der Waals surface area contributed by atoms with Crippen LogP contribution in [0.5, 0.6) is 0 Å². The van der Waals surface area contributed by atoms with E-state index in [0.29, 0.717) is 6.54 Å². The number of aliphatic hydroxyl groups is 1. The molecule has 20 heavy (non-hydrogen) atoms. The highest BCUT2D eigenvalue weighted by molar-refractivity contribution is 5.48. The topological polar surface area (TPSA) is 44.7 Å². The van der Waals surface area contributed by atoms with E-state index in [9.17, 15) is 5.11 Å². The Labute approximate surface area is 121 Å². The first kappa shape index (κ1) is 15.3. The van der Waals surface area contributed by atoms with Gasteiger partial charge >= 0.3 is 0 Å². The summed E-state index contributed by atoms with van der Waals surface area (Å²) in [7, 11) is 0. The van der Waals surface area contributed by atoms with Crippen molar-refractivity contribution in [2.24, 2.45) is 0 Å². The number of nitrogens with zero attached hydrogens (tertiary/aromatic N) is 1. The minimum atomic E-state index is -0.679. The van der Waals surface area contributed by atoms with Crippen molar-refractivity contribution in [3.63, 3.8) is 0 Å². The van der Waals surface area contributed by atoms with Gasteiger partial charge in [-0.05, 0) is 38.5 Å². The third kappa shape index (κ3) is 4.47. The van der Waals surface area contributed by atoms with Crippen LogP contribution in [0.2, 0.25) is 0 Å². The smallest absolute Gasteiger partial charge is 0.0715 e. The Balaban J connectivity index is 1.93. The zero-order chi connectivity index (χ0) is 14.6. The molecule has 0 radical (unpaired) electrons. The first-order valence-electron chi connectivity index (χ1n) is 7.34. The molecule has 1 heterocycles. The van der Waals surface area contributed by atoms with Gasteiger partial charge in [-0.15, -0.1) is 0 Å². The summed E-state index contributed by atoms with van der Waals surface area (Å²) < 4.78 is 5.37. The highest BCUT2D eigenvalue weighted by Crippen LogP contribution is 2.20. The molecule has 1 fully saturated rings. The van der Waals surface area contributed by atoms with E-state index >= 15 is 0 Å². The van der Waals surface area contributed by atoms with Gasteiger partial charge in [-0.3, -0.25) is 0 Å². The van der Waals surface area contributed by atoms with Crippen molar-refractivity contribution in [2.75, 3.05) is 37.7 Å². The maximum absolute atomic E-state index is 9.75. The van der Waals surface area contributed by atoms with Gasteiger partial charge in [0.1, 0.15) is 0 Å². The van der Waals surface area contributed by atoms with Crippen molar-refractivity contribution in [3.8, 4) is 0 Å². The molecule has 0 spiro atoms. The predicted molar refractivity (Wildman–Crippen MR) is 82.2 cm³/mol. The van der Waals surface area contributed by atoms with Crippen LogP contribution in [-0.2, 0) is 4.74 Å². The number of hydrogen-bond donors (Lipinski definition) is 2. The molecule has 0 amide bonds. The monoisotopic (exact) mass is 278 g/mol. The summed E-state index contributed by atoms with van der Waals surface area (Å²) in [5.74, 6) is 0. The standard InChI is InChI=1S/C16H26N2O2/c1-13(17-12-16(2,3)19)14-4-6-15(7-5-14)18-8-10-20-11-9-18/h4-7,13,17,19H,8-12H2,1-3H3. The Kier molecular flexibility index (Phi) is 5.02. The molecule has 112 valence electrons. The van der Waals surface area contributed by atoms with Crippen LogP contribution >= 0.6 is 0 Å². The van der Waals surface area contributed by atoms with Crippen molar-refractivity contribution in [1.82, 2.24) is 5.32 Å². The van der Waals surface area contributed by atoms with E-state index in [1.807, 2.05) is 13.8 Å². The predicted octanol–water partition coefficient (Wildman–Crippen LogP) is 1.94. The summed E-state index contributed by atoms with van der Waals surface area (Å²) in [6, 6.07) is 8.89. The van der Waals surface area contributed by atoms with Gasteiger partial charge in [0.05, 0.1) is 18.8 Å². The van der Waals surface area contributed by atoms with Crippen LogP contribution in [0.25, 0.3) is 0 Å². The molecule has 0 saturated carbocycles. The number of nitrogens with one attached hydrogen (secondary N) is 1. The lowest BCUT2D eigenvalue weighted by atomic mass is 10.1. The number of anilines is 1. The van der Waals surface area contributed by atoms with Crippen LogP contribution in [0.4, 0.5) is 5.69 Å². The quantitative estimate of drug-likeness (QED) is 0.864. The second-order valence-corrected chi connectivity index (χ2v) is 6.11. The zero-order valence-electron chi connectivity index (χ0n) is 12.7. The Bertz CT molecular complexity index is 405. The van der Waals surface area contributed by atoms with E-state index in [1.165, 1.54) is 11.3 Å². The molecule has 4 heteroatoms. The van der Waals surface area contributed by atoms with Crippen molar-refractivity contribution >= 4 is 5.69 Å². The third-order valence-electron chi connectivity index (χ3n) is 3.61. The van der Waals surface area contributed by atoms with Gasteiger partial charge in [0, 0.05) is 31.4 Å². The fourth-order valence-electron chi connectivity index (χ4n) is 2.32. The van der Waals surface area contributed by atoms with Gasteiger partial charge in [0.2, 0.25) is 0 Å². The summed E-state index contributed by atoms with van der Waals surface area (Å²) in [6.07, 6.45) is 0. The summed E-state index contributed by atoms with van der Waals surface area (Å²) in [6.45, 7) is 9.88. The van der Waals surface area contributed by atoms with Gasteiger partial charge in [-0.2, -0.15) is 0 Å². The van der Waals surface area contributed by atoms with Crippen molar-refractivity contribution in [1.29, 1.82) is 0 Å². The molecule has 0 aliphatic carbocycles. The molecule has 1 aromatic carbocycles. The second kappa shape index (κ2) is 6.57. The van der Waals surface area contributed by atoms with E-state index in [4.69, 9.17) is 4.74 Å². The molecule has 1 aliphatic heterocycles.